The number of alkyl halides is 1. The first-order valence-electron chi connectivity index (χ1n) is 4.94. The topological polar surface area (TPSA) is 74.0 Å². The quantitative estimate of drug-likeness (QED) is 0.617. The first kappa shape index (κ1) is 12.6. The summed E-state index contributed by atoms with van der Waals surface area (Å²) in [5.41, 5.74) is 1.06. The molecule has 0 aliphatic rings. The van der Waals surface area contributed by atoms with E-state index in [1.165, 1.54) is 0 Å². The molecule has 0 bridgehead atoms. The van der Waals surface area contributed by atoms with E-state index < -0.39 is 0 Å². The molecule has 6 heteroatoms. The van der Waals surface area contributed by atoms with Crippen molar-refractivity contribution in [3.63, 3.8) is 0 Å². The Morgan fingerprint density at radius 2 is 2.12 bits per heavy atom. The second-order valence-electron chi connectivity index (χ2n) is 3.21. The summed E-state index contributed by atoms with van der Waals surface area (Å²) in [5.74, 6) is -0.693. The van der Waals surface area contributed by atoms with E-state index in [-0.39, 0.29) is 24.2 Å². The molecule has 1 heterocycles. The van der Waals surface area contributed by atoms with Gasteiger partial charge in [-0.1, -0.05) is 0 Å². The summed E-state index contributed by atoms with van der Waals surface area (Å²) in [6.45, 7) is 0.506. The molecule has 0 spiro atoms. The van der Waals surface area contributed by atoms with Crippen molar-refractivity contribution in [3.05, 3.63) is 24.0 Å². The third-order valence-corrected chi connectivity index (χ3v) is 2.19. The second-order valence-corrected chi connectivity index (χ2v) is 3.47. The van der Waals surface area contributed by atoms with Gasteiger partial charge in [-0.25, -0.2) is 0 Å². The van der Waals surface area contributed by atoms with Crippen LogP contribution in [-0.4, -0.2) is 35.8 Å². The van der Waals surface area contributed by atoms with E-state index >= 15 is 0 Å². The maximum absolute atomic E-state index is 11.2. The molecular weight excluding hydrogens is 230 g/mol. The van der Waals surface area contributed by atoms with Gasteiger partial charge in [-0.3, -0.25) is 9.59 Å². The Morgan fingerprint density at radius 1 is 1.31 bits per heavy atom. The number of carbonyl (C=O) groups is 2. The smallest absolute Gasteiger partial charge is 0.239 e. The number of aromatic amines is 1. The van der Waals surface area contributed by atoms with Crippen LogP contribution < -0.4 is 10.6 Å². The summed E-state index contributed by atoms with van der Waals surface area (Å²) in [6, 6.07) is 3.85. The highest BCUT2D eigenvalue weighted by atomic mass is 35.5. The molecular formula is C10H14ClN3O2. The van der Waals surface area contributed by atoms with Gasteiger partial charge in [0.15, 0.2) is 0 Å². The van der Waals surface area contributed by atoms with Gasteiger partial charge in [0.2, 0.25) is 11.8 Å². The zero-order chi connectivity index (χ0) is 11.8. The Labute approximate surface area is 98.6 Å². The molecule has 0 radical (unpaired) electrons. The third kappa shape index (κ3) is 4.84. The summed E-state index contributed by atoms with van der Waals surface area (Å²) in [4.78, 5) is 25.0. The number of carbonyl (C=O) groups excluding carboxylic acids is 2. The monoisotopic (exact) mass is 243 g/mol. The standard InChI is InChI=1S/C10H14ClN3O2/c11-6-9(15)14-7-10(16)13-5-3-8-2-1-4-12-8/h1-2,4,12H,3,5-7H2,(H,13,16)(H,14,15). The van der Waals surface area contributed by atoms with Crippen molar-refractivity contribution in [2.45, 2.75) is 6.42 Å². The van der Waals surface area contributed by atoms with Gasteiger partial charge in [-0.2, -0.15) is 0 Å². The van der Waals surface area contributed by atoms with Crippen LogP contribution in [0.5, 0.6) is 0 Å². The normalized spacial score (nSPS) is 9.81. The van der Waals surface area contributed by atoms with Crippen LogP contribution in [0.1, 0.15) is 5.69 Å². The van der Waals surface area contributed by atoms with Gasteiger partial charge in [0.1, 0.15) is 5.88 Å². The van der Waals surface area contributed by atoms with Gasteiger partial charge in [0.25, 0.3) is 0 Å². The lowest BCUT2D eigenvalue weighted by Crippen LogP contribution is -2.38. The molecule has 0 aromatic carbocycles. The fourth-order valence-corrected chi connectivity index (χ4v) is 1.24. The van der Waals surface area contributed by atoms with E-state index in [2.05, 4.69) is 15.6 Å². The second kappa shape index (κ2) is 6.90. The summed E-state index contributed by atoms with van der Waals surface area (Å²) < 4.78 is 0. The van der Waals surface area contributed by atoms with Gasteiger partial charge in [-0.15, -0.1) is 11.6 Å². The van der Waals surface area contributed by atoms with E-state index in [9.17, 15) is 9.59 Å². The fourth-order valence-electron chi connectivity index (χ4n) is 1.15. The molecule has 1 aromatic heterocycles. The van der Waals surface area contributed by atoms with Crippen LogP contribution in [0.15, 0.2) is 18.3 Å². The lowest BCUT2D eigenvalue weighted by Gasteiger charge is -2.05. The molecule has 16 heavy (non-hydrogen) atoms. The van der Waals surface area contributed by atoms with Crippen molar-refractivity contribution < 1.29 is 9.59 Å². The molecule has 5 nitrogen and oxygen atoms in total. The number of amides is 2. The third-order valence-electron chi connectivity index (χ3n) is 1.95. The largest absolute Gasteiger partial charge is 0.365 e. The predicted octanol–water partition coefficient (Wildman–Crippen LogP) is 0.0284. The molecule has 0 saturated heterocycles. The lowest BCUT2D eigenvalue weighted by molar-refractivity contribution is -0.124. The molecule has 0 fully saturated rings. The van der Waals surface area contributed by atoms with Crippen LogP contribution in [0.25, 0.3) is 0 Å². The minimum atomic E-state index is -0.346. The Hall–Kier alpha value is -1.49. The Bertz CT molecular complexity index is 338. The van der Waals surface area contributed by atoms with Crippen molar-refractivity contribution in [2.24, 2.45) is 0 Å². The summed E-state index contributed by atoms with van der Waals surface area (Å²) >= 11 is 5.26. The molecule has 1 aromatic rings. The van der Waals surface area contributed by atoms with Gasteiger partial charge >= 0.3 is 0 Å². The highest BCUT2D eigenvalue weighted by Crippen LogP contribution is 1.93. The average molecular weight is 244 g/mol. The lowest BCUT2D eigenvalue weighted by atomic mass is 10.3. The zero-order valence-electron chi connectivity index (χ0n) is 8.75. The van der Waals surface area contributed by atoms with Crippen molar-refractivity contribution >= 4 is 23.4 Å². The van der Waals surface area contributed by atoms with E-state index in [1.54, 1.807) is 0 Å². The molecule has 0 unspecified atom stereocenters. The molecule has 2 amide bonds. The Kier molecular flexibility index (Phi) is 5.42. The predicted molar refractivity (Wildman–Crippen MR) is 61.2 cm³/mol. The maximum Gasteiger partial charge on any atom is 0.239 e. The summed E-state index contributed by atoms with van der Waals surface area (Å²) in [6.07, 6.45) is 2.57. The average Bonchev–Trinajstić information content (AvgIpc) is 2.79. The number of hydrogen-bond donors (Lipinski definition) is 3. The number of hydrogen-bond acceptors (Lipinski definition) is 2. The van der Waals surface area contributed by atoms with Gasteiger partial charge in [0, 0.05) is 24.9 Å². The van der Waals surface area contributed by atoms with E-state index in [1.807, 2.05) is 18.3 Å². The zero-order valence-corrected chi connectivity index (χ0v) is 9.51. The van der Waals surface area contributed by atoms with Crippen LogP contribution in [-0.2, 0) is 16.0 Å². The molecule has 1 rings (SSSR count). The Balaban J connectivity index is 2.09. The highest BCUT2D eigenvalue weighted by molar-refractivity contribution is 6.27. The van der Waals surface area contributed by atoms with Crippen LogP contribution in [0.2, 0.25) is 0 Å². The summed E-state index contributed by atoms with van der Waals surface area (Å²) in [5, 5.41) is 5.07. The highest BCUT2D eigenvalue weighted by Gasteiger charge is 2.03. The molecule has 0 aliphatic carbocycles. The van der Waals surface area contributed by atoms with Crippen LogP contribution in [0, 0.1) is 0 Å². The van der Waals surface area contributed by atoms with Crippen molar-refractivity contribution in [3.8, 4) is 0 Å². The van der Waals surface area contributed by atoms with E-state index in [0.717, 1.165) is 12.1 Å². The fraction of sp³-hybridized carbons (Fsp3) is 0.400. The van der Waals surface area contributed by atoms with Crippen molar-refractivity contribution in [2.75, 3.05) is 19.0 Å². The number of nitrogens with one attached hydrogen (secondary N) is 3. The molecule has 0 atom stereocenters. The minimum Gasteiger partial charge on any atom is -0.365 e. The summed E-state index contributed by atoms with van der Waals surface area (Å²) in [7, 11) is 0. The maximum atomic E-state index is 11.2. The van der Waals surface area contributed by atoms with Crippen LogP contribution in [0.4, 0.5) is 0 Å². The van der Waals surface area contributed by atoms with E-state index in [4.69, 9.17) is 11.6 Å². The van der Waals surface area contributed by atoms with Crippen LogP contribution in [0.3, 0.4) is 0 Å². The molecule has 0 aliphatic heterocycles. The number of halogens is 1. The van der Waals surface area contributed by atoms with E-state index in [0.29, 0.717) is 6.54 Å². The molecule has 3 N–H and O–H groups in total. The number of H-pyrrole nitrogens is 1. The van der Waals surface area contributed by atoms with Crippen LogP contribution >= 0.6 is 11.6 Å². The number of rotatable bonds is 6. The molecule has 88 valence electrons. The first-order chi connectivity index (χ1) is 7.72. The first-order valence-corrected chi connectivity index (χ1v) is 5.47. The minimum absolute atomic E-state index is 0.0315. The SMILES string of the molecule is O=C(CCl)NCC(=O)NCCc1ccc[nH]1. The Morgan fingerprint density at radius 3 is 2.75 bits per heavy atom. The number of aromatic nitrogens is 1. The van der Waals surface area contributed by atoms with Crippen molar-refractivity contribution in [1.29, 1.82) is 0 Å². The molecule has 0 saturated carbocycles. The van der Waals surface area contributed by atoms with Crippen molar-refractivity contribution in [1.82, 2.24) is 15.6 Å². The van der Waals surface area contributed by atoms with Gasteiger partial charge in [-0.05, 0) is 12.1 Å². The van der Waals surface area contributed by atoms with Gasteiger partial charge in [0.05, 0.1) is 6.54 Å². The van der Waals surface area contributed by atoms with Gasteiger partial charge < -0.3 is 15.6 Å².